The maximum Gasteiger partial charge on any atom is 0.208 e. The molecular formula is C18H23N3O3S. The van der Waals surface area contributed by atoms with Gasteiger partial charge in [-0.2, -0.15) is 0 Å². The molecule has 0 spiro atoms. The Hall–Kier alpha value is -1.96. The highest BCUT2D eigenvalue weighted by Crippen LogP contribution is 2.26. The van der Waals surface area contributed by atoms with Crippen LogP contribution < -0.4 is 9.46 Å². The Balaban J connectivity index is 1.68. The van der Waals surface area contributed by atoms with Crippen molar-refractivity contribution < 1.29 is 13.2 Å². The van der Waals surface area contributed by atoms with Crippen LogP contribution in [0.3, 0.4) is 0 Å². The average Bonchev–Trinajstić information content (AvgIpc) is 2.56. The van der Waals surface area contributed by atoms with E-state index in [4.69, 9.17) is 4.74 Å². The number of pyridine rings is 1. The van der Waals surface area contributed by atoms with Crippen molar-refractivity contribution >= 4 is 10.0 Å². The molecule has 0 unspecified atom stereocenters. The monoisotopic (exact) mass is 361 g/mol. The zero-order valence-electron chi connectivity index (χ0n) is 14.3. The van der Waals surface area contributed by atoms with E-state index in [1.165, 1.54) is 6.26 Å². The maximum absolute atomic E-state index is 11.5. The minimum Gasteiger partial charge on any atom is -0.455 e. The fraction of sp³-hybridized carbons (Fsp3) is 0.389. The topological polar surface area (TPSA) is 71.5 Å². The summed E-state index contributed by atoms with van der Waals surface area (Å²) in [5.74, 6) is 1.50. The number of hydrogen-bond acceptors (Lipinski definition) is 5. The van der Waals surface area contributed by atoms with Gasteiger partial charge in [0.05, 0.1) is 12.5 Å². The van der Waals surface area contributed by atoms with Gasteiger partial charge in [-0.15, -0.1) is 0 Å². The summed E-state index contributed by atoms with van der Waals surface area (Å²) in [5.41, 5.74) is 1.08. The summed E-state index contributed by atoms with van der Waals surface area (Å²) in [5, 5.41) is 0. The molecule has 0 amide bonds. The number of sulfonamides is 1. The van der Waals surface area contributed by atoms with Gasteiger partial charge in [0.15, 0.2) is 0 Å². The quantitative estimate of drug-likeness (QED) is 0.855. The van der Waals surface area contributed by atoms with E-state index in [0.29, 0.717) is 12.3 Å². The van der Waals surface area contributed by atoms with Crippen LogP contribution in [0, 0.1) is 0 Å². The maximum atomic E-state index is 11.5. The van der Waals surface area contributed by atoms with Gasteiger partial charge in [-0.25, -0.2) is 13.1 Å². The largest absolute Gasteiger partial charge is 0.455 e. The Bertz CT molecular complexity index is 796. The highest BCUT2D eigenvalue weighted by atomic mass is 32.2. The van der Waals surface area contributed by atoms with Crippen LogP contribution in [0.25, 0.3) is 0 Å². The van der Waals surface area contributed by atoms with E-state index in [9.17, 15) is 8.42 Å². The van der Waals surface area contributed by atoms with E-state index in [1.54, 1.807) is 12.4 Å². The predicted molar refractivity (Wildman–Crippen MR) is 97.0 cm³/mol. The van der Waals surface area contributed by atoms with Gasteiger partial charge in [-0.05, 0) is 37.6 Å². The van der Waals surface area contributed by atoms with Gasteiger partial charge in [0.1, 0.15) is 11.5 Å². The minimum absolute atomic E-state index is 0.0323. The molecule has 6 nitrogen and oxygen atoms in total. The van der Waals surface area contributed by atoms with Gasteiger partial charge in [-0.1, -0.05) is 18.2 Å². The zero-order valence-corrected chi connectivity index (χ0v) is 15.1. The number of ether oxygens (including phenoxy) is 1. The van der Waals surface area contributed by atoms with Crippen molar-refractivity contribution in [2.45, 2.75) is 25.4 Å². The van der Waals surface area contributed by atoms with Gasteiger partial charge in [-0.3, -0.25) is 9.88 Å². The molecule has 1 N–H and O–H groups in total. The molecule has 1 aromatic carbocycles. The number of nitrogens with one attached hydrogen (secondary N) is 1. The number of rotatable bonds is 6. The van der Waals surface area contributed by atoms with Crippen molar-refractivity contribution in [1.29, 1.82) is 0 Å². The van der Waals surface area contributed by atoms with Gasteiger partial charge >= 0.3 is 0 Å². The highest BCUT2D eigenvalue weighted by Gasteiger charge is 2.23. The summed E-state index contributed by atoms with van der Waals surface area (Å²) in [7, 11) is -3.18. The molecule has 1 aliphatic heterocycles. The van der Waals surface area contributed by atoms with Gasteiger partial charge in [0.2, 0.25) is 10.0 Å². The van der Waals surface area contributed by atoms with Gasteiger partial charge in [0.25, 0.3) is 0 Å². The second-order valence-electron chi connectivity index (χ2n) is 6.36. The fourth-order valence-corrected chi connectivity index (χ4v) is 3.91. The number of aromatic nitrogens is 1. The van der Waals surface area contributed by atoms with Crippen molar-refractivity contribution in [3.05, 3.63) is 54.4 Å². The molecule has 0 radical (unpaired) electrons. The van der Waals surface area contributed by atoms with Crippen LogP contribution in [0.2, 0.25) is 0 Å². The Morgan fingerprint density at radius 1 is 1.28 bits per heavy atom. The first-order chi connectivity index (χ1) is 12.0. The molecule has 2 aromatic rings. The van der Waals surface area contributed by atoms with Crippen LogP contribution in [0.5, 0.6) is 11.5 Å². The molecule has 0 saturated carbocycles. The van der Waals surface area contributed by atoms with Crippen LogP contribution in [0.15, 0.2) is 48.8 Å². The highest BCUT2D eigenvalue weighted by molar-refractivity contribution is 7.88. The molecule has 7 heteroatoms. The number of nitrogens with zero attached hydrogens (tertiary/aromatic N) is 2. The molecule has 1 aliphatic rings. The normalized spacial score (nSPS) is 18.8. The Labute approximate surface area is 148 Å². The summed E-state index contributed by atoms with van der Waals surface area (Å²) < 4.78 is 31.6. The van der Waals surface area contributed by atoms with E-state index in [2.05, 4.69) is 14.6 Å². The third-order valence-corrected chi connectivity index (χ3v) is 4.88. The first-order valence-electron chi connectivity index (χ1n) is 8.35. The van der Waals surface area contributed by atoms with Crippen LogP contribution >= 0.6 is 0 Å². The molecule has 134 valence electrons. The van der Waals surface area contributed by atoms with Crippen LogP contribution in [-0.2, 0) is 16.6 Å². The lowest BCUT2D eigenvalue weighted by Crippen LogP contribution is -2.47. The summed E-state index contributed by atoms with van der Waals surface area (Å²) in [6, 6.07) is 11.6. The standard InChI is InChI=1S/C18H23N3O3S/c1-25(22,23)20-16-7-5-11-21(14-16)13-15-6-2-3-9-18(15)24-17-8-4-10-19-12-17/h2-4,6,8-10,12,16,20H,5,7,11,13-14H2,1H3/t16-/m0/s1. The average molecular weight is 361 g/mol. The van der Waals surface area contributed by atoms with Crippen molar-refractivity contribution in [2.24, 2.45) is 0 Å². The number of likely N-dealkylation sites (tertiary alicyclic amines) is 1. The first kappa shape index (κ1) is 17.8. The molecule has 1 atom stereocenters. The van der Waals surface area contributed by atoms with Crippen molar-refractivity contribution in [1.82, 2.24) is 14.6 Å². The van der Waals surface area contributed by atoms with E-state index >= 15 is 0 Å². The minimum atomic E-state index is -3.18. The molecule has 1 aromatic heterocycles. The number of para-hydroxylation sites is 1. The third kappa shape index (κ3) is 5.52. The van der Waals surface area contributed by atoms with Crippen molar-refractivity contribution in [2.75, 3.05) is 19.3 Å². The molecule has 2 heterocycles. The molecule has 25 heavy (non-hydrogen) atoms. The molecule has 0 aliphatic carbocycles. The molecule has 3 rings (SSSR count). The van der Waals surface area contributed by atoms with E-state index in [0.717, 1.165) is 37.2 Å². The number of piperidine rings is 1. The Kier molecular flexibility index (Phi) is 5.67. The molecule has 1 saturated heterocycles. The Morgan fingerprint density at radius 3 is 2.88 bits per heavy atom. The predicted octanol–water partition coefficient (Wildman–Crippen LogP) is 2.39. The number of benzene rings is 1. The molecular weight excluding hydrogens is 338 g/mol. The molecule has 1 fully saturated rings. The van der Waals surface area contributed by atoms with Crippen LogP contribution in [0.1, 0.15) is 18.4 Å². The van der Waals surface area contributed by atoms with E-state index in [1.807, 2.05) is 36.4 Å². The third-order valence-electron chi connectivity index (χ3n) is 4.12. The van der Waals surface area contributed by atoms with Crippen LogP contribution in [0.4, 0.5) is 0 Å². The van der Waals surface area contributed by atoms with Crippen LogP contribution in [-0.4, -0.2) is 43.7 Å². The summed E-state index contributed by atoms with van der Waals surface area (Å²) in [6.07, 6.45) is 6.45. The summed E-state index contributed by atoms with van der Waals surface area (Å²) in [4.78, 5) is 6.33. The fourth-order valence-electron chi connectivity index (χ4n) is 3.11. The van der Waals surface area contributed by atoms with Crippen molar-refractivity contribution in [3.63, 3.8) is 0 Å². The number of hydrogen-bond donors (Lipinski definition) is 1. The first-order valence-corrected chi connectivity index (χ1v) is 10.2. The molecule has 0 bridgehead atoms. The lowest BCUT2D eigenvalue weighted by molar-refractivity contribution is 0.193. The summed E-state index contributed by atoms with van der Waals surface area (Å²) >= 11 is 0. The second kappa shape index (κ2) is 7.95. The van der Waals surface area contributed by atoms with Gasteiger partial charge in [0, 0.05) is 30.9 Å². The zero-order chi connectivity index (χ0) is 17.7. The second-order valence-corrected chi connectivity index (χ2v) is 8.14. The lowest BCUT2D eigenvalue weighted by atomic mass is 10.1. The van der Waals surface area contributed by atoms with Gasteiger partial charge < -0.3 is 4.74 Å². The van der Waals surface area contributed by atoms with E-state index < -0.39 is 10.0 Å². The Morgan fingerprint density at radius 2 is 2.12 bits per heavy atom. The smallest absolute Gasteiger partial charge is 0.208 e. The summed E-state index contributed by atoms with van der Waals surface area (Å²) in [6.45, 7) is 2.37. The SMILES string of the molecule is CS(=O)(=O)N[C@H]1CCCN(Cc2ccccc2Oc2cccnc2)C1. The van der Waals surface area contributed by atoms with Crippen molar-refractivity contribution in [3.8, 4) is 11.5 Å². The lowest BCUT2D eigenvalue weighted by Gasteiger charge is -2.33. The van der Waals surface area contributed by atoms with E-state index in [-0.39, 0.29) is 6.04 Å².